The van der Waals surface area contributed by atoms with Crippen LogP contribution in [0.2, 0.25) is 0 Å². The van der Waals surface area contributed by atoms with Gasteiger partial charge in [0, 0.05) is 31.3 Å². The fourth-order valence-corrected chi connectivity index (χ4v) is 3.94. The minimum atomic E-state index is -1.06. The molecular formula is C24H44N6O4. The Morgan fingerprint density at radius 3 is 2.44 bits per heavy atom. The van der Waals surface area contributed by atoms with E-state index in [1.165, 1.54) is 0 Å². The highest BCUT2D eigenvalue weighted by Gasteiger charge is 2.37. The van der Waals surface area contributed by atoms with Crippen LogP contribution in [0.15, 0.2) is 4.99 Å². The number of nitrogens with two attached hydrogens (primary N) is 2. The van der Waals surface area contributed by atoms with Crippen molar-refractivity contribution in [1.82, 2.24) is 16.0 Å². The second kappa shape index (κ2) is 14.6. The first-order valence-corrected chi connectivity index (χ1v) is 12.5. The molecule has 10 nitrogen and oxygen atoms in total. The molecule has 0 radical (unpaired) electrons. The number of Topliss-reactive ketones (excluding diaryl/α,β-unsaturated/α-hetero) is 1. The molecule has 3 atom stereocenters. The van der Waals surface area contributed by atoms with E-state index in [0.29, 0.717) is 38.8 Å². The van der Waals surface area contributed by atoms with E-state index in [1.54, 1.807) is 20.8 Å². The standard InChI is InChI=1S/C24H44N6O4/c1-5-18-22(34)27-13-9-7-6-8-12-24(4,30-20(32)16(2)3)19(31)15-17(21(33)29-18)11-10-14-28-23(25)26/h16-18H,5-15H2,1-4H3,(H,27,34)(H,29,33)(H,30,32)(H4,25,26,28)/t17-,18+,24+/m1/s1. The molecule has 1 heterocycles. The maximum absolute atomic E-state index is 13.5. The van der Waals surface area contributed by atoms with Crippen LogP contribution in [0.5, 0.6) is 0 Å². The molecule has 10 heteroatoms. The highest BCUT2D eigenvalue weighted by atomic mass is 16.2. The highest BCUT2D eigenvalue weighted by Crippen LogP contribution is 2.24. The van der Waals surface area contributed by atoms with Crippen LogP contribution in [0.4, 0.5) is 0 Å². The van der Waals surface area contributed by atoms with Gasteiger partial charge in [-0.2, -0.15) is 0 Å². The number of carbonyl (C=O) groups is 4. The summed E-state index contributed by atoms with van der Waals surface area (Å²) in [6, 6.07) is -0.667. The van der Waals surface area contributed by atoms with Gasteiger partial charge in [-0.1, -0.05) is 40.0 Å². The maximum Gasteiger partial charge on any atom is 0.242 e. The van der Waals surface area contributed by atoms with Gasteiger partial charge >= 0.3 is 0 Å². The topological polar surface area (TPSA) is 169 Å². The zero-order valence-electron chi connectivity index (χ0n) is 21.2. The molecular weight excluding hydrogens is 436 g/mol. The number of hydrogen-bond acceptors (Lipinski definition) is 5. The summed E-state index contributed by atoms with van der Waals surface area (Å²) in [5.41, 5.74) is 9.71. The van der Waals surface area contributed by atoms with Crippen LogP contribution in [-0.2, 0) is 19.2 Å². The molecule has 0 aromatic rings. The Balaban J connectivity index is 3.17. The maximum atomic E-state index is 13.5. The Morgan fingerprint density at radius 1 is 1.15 bits per heavy atom. The van der Waals surface area contributed by atoms with Crippen molar-refractivity contribution >= 4 is 29.5 Å². The van der Waals surface area contributed by atoms with Crippen LogP contribution in [0.1, 0.15) is 85.5 Å². The van der Waals surface area contributed by atoms with Crippen molar-refractivity contribution in [2.45, 2.75) is 97.1 Å². The first kappa shape index (κ1) is 29.4. The Morgan fingerprint density at radius 2 is 1.82 bits per heavy atom. The summed E-state index contributed by atoms with van der Waals surface area (Å²) >= 11 is 0. The van der Waals surface area contributed by atoms with E-state index in [1.807, 2.05) is 6.92 Å². The quantitative estimate of drug-likeness (QED) is 0.208. The molecule has 0 saturated carbocycles. The third kappa shape index (κ3) is 10.1. The summed E-state index contributed by atoms with van der Waals surface area (Å²) in [5.74, 6) is -1.91. The zero-order chi connectivity index (χ0) is 25.7. The molecule has 1 aliphatic rings. The van der Waals surface area contributed by atoms with Gasteiger partial charge in [-0.05, 0) is 39.0 Å². The number of carbonyl (C=O) groups excluding carboxylic acids is 4. The van der Waals surface area contributed by atoms with Gasteiger partial charge in [-0.3, -0.25) is 24.2 Å². The molecule has 0 bridgehead atoms. The number of hydrogen-bond donors (Lipinski definition) is 5. The van der Waals surface area contributed by atoms with Gasteiger partial charge < -0.3 is 27.4 Å². The van der Waals surface area contributed by atoms with Crippen molar-refractivity contribution in [2.75, 3.05) is 13.1 Å². The van der Waals surface area contributed by atoms with Crippen molar-refractivity contribution in [3.05, 3.63) is 0 Å². The first-order valence-electron chi connectivity index (χ1n) is 12.5. The molecule has 194 valence electrons. The molecule has 1 fully saturated rings. The Labute approximate surface area is 203 Å². The van der Waals surface area contributed by atoms with Crippen molar-refractivity contribution in [3.63, 3.8) is 0 Å². The molecule has 34 heavy (non-hydrogen) atoms. The lowest BCUT2D eigenvalue weighted by Gasteiger charge is -2.32. The molecule has 0 spiro atoms. The number of guanidine groups is 1. The van der Waals surface area contributed by atoms with E-state index in [4.69, 9.17) is 11.5 Å². The largest absolute Gasteiger partial charge is 0.370 e. The number of ketones is 1. The van der Waals surface area contributed by atoms with Gasteiger partial charge in [-0.15, -0.1) is 0 Å². The van der Waals surface area contributed by atoms with E-state index in [9.17, 15) is 19.2 Å². The summed E-state index contributed by atoms with van der Waals surface area (Å²) in [6.07, 6.45) is 5.12. The van der Waals surface area contributed by atoms with Crippen LogP contribution in [0.25, 0.3) is 0 Å². The van der Waals surface area contributed by atoms with E-state index in [0.717, 1.165) is 25.7 Å². The van der Waals surface area contributed by atoms with E-state index >= 15 is 0 Å². The molecule has 1 aliphatic heterocycles. The van der Waals surface area contributed by atoms with Crippen molar-refractivity contribution < 1.29 is 19.2 Å². The summed E-state index contributed by atoms with van der Waals surface area (Å²) in [4.78, 5) is 55.7. The number of aliphatic imine (C=N–C) groups is 1. The number of rotatable bonds is 7. The van der Waals surface area contributed by atoms with Crippen LogP contribution in [-0.4, -0.2) is 54.1 Å². The minimum Gasteiger partial charge on any atom is -0.370 e. The average Bonchev–Trinajstić information content (AvgIpc) is 2.77. The van der Waals surface area contributed by atoms with Crippen LogP contribution >= 0.6 is 0 Å². The van der Waals surface area contributed by atoms with Crippen LogP contribution < -0.4 is 27.4 Å². The predicted octanol–water partition coefficient (Wildman–Crippen LogP) is 1.12. The number of amides is 3. The number of nitrogens with zero attached hydrogens (tertiary/aromatic N) is 1. The molecule has 0 aliphatic carbocycles. The smallest absolute Gasteiger partial charge is 0.242 e. The predicted molar refractivity (Wildman–Crippen MR) is 133 cm³/mol. The zero-order valence-corrected chi connectivity index (χ0v) is 21.2. The third-order valence-corrected chi connectivity index (χ3v) is 6.29. The second-order valence-corrected chi connectivity index (χ2v) is 9.67. The molecule has 1 saturated heterocycles. The average molecular weight is 481 g/mol. The van der Waals surface area contributed by atoms with Crippen LogP contribution in [0.3, 0.4) is 0 Å². The van der Waals surface area contributed by atoms with Gasteiger partial charge in [0.05, 0.1) is 5.54 Å². The molecule has 3 amide bonds. The molecule has 0 unspecified atom stereocenters. The third-order valence-electron chi connectivity index (χ3n) is 6.29. The van der Waals surface area contributed by atoms with Gasteiger partial charge in [0.1, 0.15) is 6.04 Å². The van der Waals surface area contributed by atoms with E-state index in [2.05, 4.69) is 20.9 Å². The SMILES string of the molecule is CC[C@@H]1NC(=O)[C@H](CCCN=C(N)N)CC(=O)[C@@](C)(NC(=O)C(C)C)CCCCCCNC1=O. The lowest BCUT2D eigenvalue weighted by Crippen LogP contribution is -2.54. The van der Waals surface area contributed by atoms with Gasteiger partial charge in [0.15, 0.2) is 11.7 Å². The number of nitrogens with one attached hydrogen (secondary N) is 3. The fraction of sp³-hybridized carbons (Fsp3) is 0.792. The van der Waals surface area contributed by atoms with Crippen molar-refractivity contribution in [2.24, 2.45) is 28.3 Å². The lowest BCUT2D eigenvalue weighted by molar-refractivity contribution is -0.137. The Bertz CT molecular complexity index is 735. The monoisotopic (exact) mass is 480 g/mol. The second-order valence-electron chi connectivity index (χ2n) is 9.67. The van der Waals surface area contributed by atoms with E-state index < -0.39 is 17.5 Å². The van der Waals surface area contributed by atoms with Gasteiger partial charge in [0.25, 0.3) is 0 Å². The summed E-state index contributed by atoms with van der Waals surface area (Å²) < 4.78 is 0. The fourth-order valence-electron chi connectivity index (χ4n) is 3.94. The van der Waals surface area contributed by atoms with Gasteiger partial charge in [0.2, 0.25) is 17.7 Å². The van der Waals surface area contributed by atoms with E-state index in [-0.39, 0.29) is 41.8 Å². The molecule has 1 rings (SSSR count). The van der Waals surface area contributed by atoms with Crippen molar-refractivity contribution in [1.29, 1.82) is 0 Å². The minimum absolute atomic E-state index is 0.0331. The summed E-state index contributed by atoms with van der Waals surface area (Å²) in [6.45, 7) is 8.01. The molecule has 0 aromatic carbocycles. The normalized spacial score (nSPS) is 25.5. The van der Waals surface area contributed by atoms with Crippen molar-refractivity contribution in [3.8, 4) is 0 Å². The Hall–Kier alpha value is -2.65. The Kier molecular flexibility index (Phi) is 12.6. The molecule has 0 aromatic heterocycles. The van der Waals surface area contributed by atoms with Gasteiger partial charge in [-0.25, -0.2) is 0 Å². The highest BCUT2D eigenvalue weighted by molar-refractivity contribution is 5.96. The van der Waals surface area contributed by atoms with Crippen LogP contribution in [0, 0.1) is 11.8 Å². The first-order chi connectivity index (χ1) is 16.0. The lowest BCUT2D eigenvalue weighted by atomic mass is 9.82. The summed E-state index contributed by atoms with van der Waals surface area (Å²) in [5, 5.41) is 8.65. The molecule has 7 N–H and O–H groups in total. The summed E-state index contributed by atoms with van der Waals surface area (Å²) in [7, 11) is 0.